The highest BCUT2D eigenvalue weighted by molar-refractivity contribution is 7.99. The van der Waals surface area contributed by atoms with Crippen molar-refractivity contribution < 1.29 is 4.79 Å². The number of aromatic nitrogens is 4. The maximum absolute atomic E-state index is 11.9. The van der Waals surface area contributed by atoms with Crippen LogP contribution in [0.1, 0.15) is 38.2 Å². The first-order valence-electron chi connectivity index (χ1n) is 7.95. The van der Waals surface area contributed by atoms with E-state index in [1.165, 1.54) is 24.6 Å². The van der Waals surface area contributed by atoms with Crippen molar-refractivity contribution in [3.05, 3.63) is 29.8 Å². The van der Waals surface area contributed by atoms with E-state index in [-0.39, 0.29) is 5.91 Å². The van der Waals surface area contributed by atoms with Crippen LogP contribution >= 0.6 is 11.8 Å². The molecule has 0 bridgehead atoms. The van der Waals surface area contributed by atoms with Crippen LogP contribution < -0.4 is 5.32 Å². The first kappa shape index (κ1) is 17.5. The molecule has 2 aromatic rings. The van der Waals surface area contributed by atoms with Gasteiger partial charge in [0.05, 0.1) is 11.4 Å². The number of hydrogen-bond donors (Lipinski definition) is 1. The van der Waals surface area contributed by atoms with Crippen LogP contribution in [0.2, 0.25) is 0 Å². The number of unbranched alkanes of at least 4 members (excludes halogenated alkanes) is 3. The lowest BCUT2D eigenvalue weighted by atomic mass is 10.2. The number of amides is 1. The smallest absolute Gasteiger partial charge is 0.230 e. The zero-order chi connectivity index (χ0) is 16.5. The average Bonchev–Trinajstić information content (AvgIpc) is 3.01. The van der Waals surface area contributed by atoms with E-state index in [2.05, 4.69) is 27.8 Å². The molecule has 6 nitrogen and oxygen atoms in total. The number of aryl methyl sites for hydroxylation is 1. The highest BCUT2D eigenvalue weighted by atomic mass is 32.2. The van der Waals surface area contributed by atoms with Crippen molar-refractivity contribution in [2.75, 3.05) is 12.3 Å². The number of rotatable bonds is 9. The third-order valence-corrected chi connectivity index (χ3v) is 4.29. The van der Waals surface area contributed by atoms with Gasteiger partial charge in [-0.1, -0.05) is 50.1 Å². The maximum Gasteiger partial charge on any atom is 0.230 e. The van der Waals surface area contributed by atoms with E-state index in [1.54, 1.807) is 4.68 Å². The Morgan fingerprint density at radius 1 is 1.30 bits per heavy atom. The summed E-state index contributed by atoms with van der Waals surface area (Å²) in [5.74, 6) is 0.338. The predicted molar refractivity (Wildman–Crippen MR) is 91.8 cm³/mol. The molecule has 0 spiro atoms. The minimum Gasteiger partial charge on any atom is -0.355 e. The molecule has 0 saturated heterocycles. The van der Waals surface area contributed by atoms with Gasteiger partial charge in [-0.3, -0.25) is 4.79 Å². The summed E-state index contributed by atoms with van der Waals surface area (Å²) < 4.78 is 1.66. The third-order valence-electron chi connectivity index (χ3n) is 3.37. The van der Waals surface area contributed by atoms with Crippen LogP contribution in [-0.2, 0) is 4.79 Å². The lowest BCUT2D eigenvalue weighted by molar-refractivity contribution is -0.118. The summed E-state index contributed by atoms with van der Waals surface area (Å²) in [6.45, 7) is 4.93. The predicted octanol–water partition coefficient (Wildman–Crippen LogP) is 2.76. The Kier molecular flexibility index (Phi) is 7.06. The molecule has 0 aliphatic carbocycles. The fourth-order valence-corrected chi connectivity index (χ4v) is 2.87. The quantitative estimate of drug-likeness (QED) is 0.564. The third kappa shape index (κ3) is 5.67. The second-order valence-corrected chi connectivity index (χ2v) is 6.35. The van der Waals surface area contributed by atoms with E-state index in [0.29, 0.717) is 10.9 Å². The molecule has 0 aliphatic heterocycles. The normalized spacial score (nSPS) is 10.7. The van der Waals surface area contributed by atoms with Crippen molar-refractivity contribution in [3.63, 3.8) is 0 Å². The van der Waals surface area contributed by atoms with Gasteiger partial charge < -0.3 is 5.32 Å². The molecule has 0 aliphatic rings. The Labute approximate surface area is 141 Å². The van der Waals surface area contributed by atoms with Crippen molar-refractivity contribution in [2.45, 2.75) is 44.7 Å². The van der Waals surface area contributed by atoms with Gasteiger partial charge in [0, 0.05) is 6.54 Å². The number of nitrogens with zero attached hydrogens (tertiary/aromatic N) is 4. The molecule has 124 valence electrons. The molecule has 0 unspecified atom stereocenters. The Hall–Kier alpha value is -1.89. The number of carbonyl (C=O) groups excluding carboxylic acids is 1. The summed E-state index contributed by atoms with van der Waals surface area (Å²) >= 11 is 1.35. The lowest BCUT2D eigenvalue weighted by Gasteiger charge is -2.06. The summed E-state index contributed by atoms with van der Waals surface area (Å²) in [6, 6.07) is 7.94. The highest BCUT2D eigenvalue weighted by Crippen LogP contribution is 2.18. The Morgan fingerprint density at radius 3 is 2.96 bits per heavy atom. The van der Waals surface area contributed by atoms with E-state index in [0.717, 1.165) is 30.6 Å². The lowest BCUT2D eigenvalue weighted by Crippen LogP contribution is -2.26. The van der Waals surface area contributed by atoms with Gasteiger partial charge in [0.25, 0.3) is 0 Å². The minimum absolute atomic E-state index is 0.0188. The molecular weight excluding hydrogens is 310 g/mol. The van der Waals surface area contributed by atoms with Crippen molar-refractivity contribution >= 4 is 17.7 Å². The standard InChI is InChI=1S/C16H23N5OS/c1-3-4-5-6-10-17-15(22)12-23-16-18-19-20-21(16)14-9-7-8-13(2)11-14/h7-9,11H,3-6,10,12H2,1-2H3,(H,17,22). The first-order chi connectivity index (χ1) is 11.2. The molecule has 1 aromatic heterocycles. The molecule has 0 saturated carbocycles. The summed E-state index contributed by atoms with van der Waals surface area (Å²) in [4.78, 5) is 11.9. The first-order valence-corrected chi connectivity index (χ1v) is 8.94. The number of benzene rings is 1. The van der Waals surface area contributed by atoms with Crippen LogP contribution in [-0.4, -0.2) is 38.4 Å². The molecule has 1 N–H and O–H groups in total. The van der Waals surface area contributed by atoms with Crippen molar-refractivity contribution in [1.29, 1.82) is 0 Å². The molecule has 1 amide bonds. The average molecular weight is 333 g/mol. The Bertz CT molecular complexity index is 628. The molecule has 0 atom stereocenters. The maximum atomic E-state index is 11.9. The largest absolute Gasteiger partial charge is 0.355 e. The van der Waals surface area contributed by atoms with Gasteiger partial charge in [0.15, 0.2) is 0 Å². The van der Waals surface area contributed by atoms with Crippen LogP contribution in [0.3, 0.4) is 0 Å². The van der Waals surface area contributed by atoms with Gasteiger partial charge in [0.1, 0.15) is 0 Å². The molecule has 0 fully saturated rings. The topological polar surface area (TPSA) is 72.7 Å². The molecule has 0 radical (unpaired) electrons. The number of carbonyl (C=O) groups is 1. The molecule has 23 heavy (non-hydrogen) atoms. The fourth-order valence-electron chi connectivity index (χ4n) is 2.15. The van der Waals surface area contributed by atoms with E-state index >= 15 is 0 Å². The molecule has 1 aromatic carbocycles. The minimum atomic E-state index is 0.0188. The second-order valence-electron chi connectivity index (χ2n) is 5.41. The Balaban J connectivity index is 1.83. The van der Waals surface area contributed by atoms with Crippen LogP contribution in [0, 0.1) is 6.92 Å². The van der Waals surface area contributed by atoms with E-state index in [4.69, 9.17) is 0 Å². The summed E-state index contributed by atoms with van der Waals surface area (Å²) in [5, 5.41) is 15.3. The van der Waals surface area contributed by atoms with Crippen LogP contribution in [0.5, 0.6) is 0 Å². The molecule has 7 heteroatoms. The summed E-state index contributed by atoms with van der Waals surface area (Å²) in [5.41, 5.74) is 2.04. The van der Waals surface area contributed by atoms with Gasteiger partial charge in [0.2, 0.25) is 11.1 Å². The van der Waals surface area contributed by atoms with Crippen LogP contribution in [0.25, 0.3) is 5.69 Å². The number of nitrogens with one attached hydrogen (secondary N) is 1. The van der Waals surface area contributed by atoms with Crippen molar-refractivity contribution in [2.24, 2.45) is 0 Å². The van der Waals surface area contributed by atoms with Gasteiger partial charge >= 0.3 is 0 Å². The van der Waals surface area contributed by atoms with Crippen LogP contribution in [0.4, 0.5) is 0 Å². The van der Waals surface area contributed by atoms with Crippen molar-refractivity contribution in [3.8, 4) is 5.69 Å². The van der Waals surface area contributed by atoms with Crippen LogP contribution in [0.15, 0.2) is 29.4 Å². The number of tetrazole rings is 1. The van der Waals surface area contributed by atoms with E-state index in [1.807, 2.05) is 31.2 Å². The zero-order valence-electron chi connectivity index (χ0n) is 13.7. The summed E-state index contributed by atoms with van der Waals surface area (Å²) in [6.07, 6.45) is 4.61. The second kappa shape index (κ2) is 9.29. The van der Waals surface area contributed by atoms with Gasteiger partial charge in [-0.15, -0.1) is 5.10 Å². The highest BCUT2D eigenvalue weighted by Gasteiger charge is 2.11. The number of thioether (sulfide) groups is 1. The molecule has 2 rings (SSSR count). The van der Waals surface area contributed by atoms with E-state index < -0.39 is 0 Å². The van der Waals surface area contributed by atoms with Gasteiger partial charge in [-0.25, -0.2) is 0 Å². The zero-order valence-corrected chi connectivity index (χ0v) is 14.5. The van der Waals surface area contributed by atoms with Gasteiger partial charge in [-0.2, -0.15) is 4.68 Å². The molecule has 1 heterocycles. The fraction of sp³-hybridized carbons (Fsp3) is 0.500. The molecular formula is C16H23N5OS. The van der Waals surface area contributed by atoms with Gasteiger partial charge in [-0.05, 0) is 41.5 Å². The Morgan fingerprint density at radius 2 is 2.17 bits per heavy atom. The summed E-state index contributed by atoms with van der Waals surface area (Å²) in [7, 11) is 0. The monoisotopic (exact) mass is 333 g/mol. The number of hydrogen-bond acceptors (Lipinski definition) is 5. The van der Waals surface area contributed by atoms with E-state index in [9.17, 15) is 4.79 Å². The SMILES string of the molecule is CCCCCCNC(=O)CSc1nnnn1-c1cccc(C)c1. The van der Waals surface area contributed by atoms with Crippen molar-refractivity contribution in [1.82, 2.24) is 25.5 Å².